The van der Waals surface area contributed by atoms with E-state index in [1.807, 2.05) is 24.8 Å². The molecule has 1 fully saturated rings. The number of phenols is 1. The fraction of sp³-hybridized carbons (Fsp3) is 0.533. The lowest BCUT2D eigenvalue weighted by molar-refractivity contribution is -0.137. The molecule has 1 saturated heterocycles. The standard InChI is InChI=1S/C15H22N2O3/c1-11(13-4-3-5-14(18)10-13)16-12(2)15(19)17-6-8-20-9-7-17/h3-5,10-12,16,18H,6-9H2,1-2H3. The Hall–Kier alpha value is -1.59. The van der Waals surface area contributed by atoms with Crippen molar-refractivity contribution in [3.05, 3.63) is 29.8 Å². The van der Waals surface area contributed by atoms with E-state index < -0.39 is 0 Å². The highest BCUT2D eigenvalue weighted by Crippen LogP contribution is 2.18. The number of ether oxygens (including phenoxy) is 1. The molecule has 110 valence electrons. The van der Waals surface area contributed by atoms with Gasteiger partial charge in [0.25, 0.3) is 0 Å². The van der Waals surface area contributed by atoms with Gasteiger partial charge in [-0.25, -0.2) is 0 Å². The summed E-state index contributed by atoms with van der Waals surface area (Å²) in [6.07, 6.45) is 0. The van der Waals surface area contributed by atoms with Gasteiger partial charge in [0.15, 0.2) is 0 Å². The van der Waals surface area contributed by atoms with Crippen molar-refractivity contribution in [2.24, 2.45) is 0 Å². The SMILES string of the molecule is CC(NC(C)c1cccc(O)c1)C(=O)N1CCOCC1. The number of carbonyl (C=O) groups excluding carboxylic acids is 1. The van der Waals surface area contributed by atoms with Crippen molar-refractivity contribution in [3.63, 3.8) is 0 Å². The van der Waals surface area contributed by atoms with Gasteiger partial charge in [0.05, 0.1) is 19.3 Å². The molecule has 1 aliphatic heterocycles. The first-order valence-corrected chi connectivity index (χ1v) is 6.99. The van der Waals surface area contributed by atoms with E-state index in [9.17, 15) is 9.90 Å². The van der Waals surface area contributed by atoms with Crippen LogP contribution in [0.1, 0.15) is 25.5 Å². The Balaban J connectivity index is 1.92. The van der Waals surface area contributed by atoms with Gasteiger partial charge in [-0.3, -0.25) is 10.1 Å². The van der Waals surface area contributed by atoms with Gasteiger partial charge in [0.1, 0.15) is 5.75 Å². The highest BCUT2D eigenvalue weighted by atomic mass is 16.5. The summed E-state index contributed by atoms with van der Waals surface area (Å²) in [5.74, 6) is 0.337. The number of nitrogens with one attached hydrogen (secondary N) is 1. The summed E-state index contributed by atoms with van der Waals surface area (Å²) >= 11 is 0. The molecule has 0 radical (unpaired) electrons. The lowest BCUT2D eigenvalue weighted by atomic mass is 10.1. The highest BCUT2D eigenvalue weighted by molar-refractivity contribution is 5.81. The predicted molar refractivity (Wildman–Crippen MR) is 76.5 cm³/mol. The molecule has 1 aliphatic rings. The predicted octanol–water partition coefficient (Wildman–Crippen LogP) is 1.29. The van der Waals surface area contributed by atoms with Crippen LogP contribution in [-0.2, 0) is 9.53 Å². The molecule has 1 amide bonds. The minimum Gasteiger partial charge on any atom is -0.508 e. The minimum absolute atomic E-state index is 0.00194. The van der Waals surface area contributed by atoms with Crippen LogP contribution in [-0.4, -0.2) is 48.3 Å². The van der Waals surface area contributed by atoms with E-state index in [0.29, 0.717) is 26.3 Å². The highest BCUT2D eigenvalue weighted by Gasteiger charge is 2.23. The molecule has 0 spiro atoms. The molecule has 20 heavy (non-hydrogen) atoms. The van der Waals surface area contributed by atoms with Gasteiger partial charge in [0.2, 0.25) is 5.91 Å². The summed E-state index contributed by atoms with van der Waals surface area (Å²) < 4.78 is 5.25. The first-order valence-electron chi connectivity index (χ1n) is 6.99. The van der Waals surface area contributed by atoms with Gasteiger partial charge in [0, 0.05) is 19.1 Å². The Bertz CT molecular complexity index is 458. The molecule has 0 aliphatic carbocycles. The molecular formula is C15H22N2O3. The smallest absolute Gasteiger partial charge is 0.239 e. The number of rotatable bonds is 4. The zero-order valence-electron chi connectivity index (χ0n) is 12.0. The van der Waals surface area contributed by atoms with Crippen molar-refractivity contribution in [1.29, 1.82) is 0 Å². The summed E-state index contributed by atoms with van der Waals surface area (Å²) in [6, 6.07) is 6.83. The van der Waals surface area contributed by atoms with Gasteiger partial charge in [-0.2, -0.15) is 0 Å². The Morgan fingerprint density at radius 1 is 1.35 bits per heavy atom. The van der Waals surface area contributed by atoms with Crippen LogP contribution in [0.25, 0.3) is 0 Å². The van der Waals surface area contributed by atoms with Crippen LogP contribution < -0.4 is 5.32 Å². The average molecular weight is 278 g/mol. The quantitative estimate of drug-likeness (QED) is 0.871. The Kier molecular flexibility index (Phi) is 4.98. The maximum atomic E-state index is 12.3. The number of benzene rings is 1. The molecule has 5 nitrogen and oxygen atoms in total. The van der Waals surface area contributed by atoms with Crippen molar-refractivity contribution >= 4 is 5.91 Å². The van der Waals surface area contributed by atoms with E-state index in [1.165, 1.54) is 0 Å². The van der Waals surface area contributed by atoms with E-state index in [1.54, 1.807) is 18.2 Å². The fourth-order valence-electron chi connectivity index (χ4n) is 2.39. The molecule has 2 unspecified atom stereocenters. The van der Waals surface area contributed by atoms with Gasteiger partial charge in [-0.15, -0.1) is 0 Å². The number of aromatic hydroxyl groups is 1. The number of amides is 1. The second-order valence-electron chi connectivity index (χ2n) is 5.14. The molecule has 0 saturated carbocycles. The van der Waals surface area contributed by atoms with Crippen LogP contribution in [0.3, 0.4) is 0 Å². The van der Waals surface area contributed by atoms with Gasteiger partial charge >= 0.3 is 0 Å². The fourth-order valence-corrected chi connectivity index (χ4v) is 2.39. The topological polar surface area (TPSA) is 61.8 Å². The number of phenolic OH excluding ortho intramolecular Hbond substituents is 1. The zero-order chi connectivity index (χ0) is 14.5. The summed E-state index contributed by atoms with van der Waals surface area (Å²) in [6.45, 7) is 6.40. The molecule has 2 atom stereocenters. The van der Waals surface area contributed by atoms with E-state index in [0.717, 1.165) is 5.56 Å². The summed E-state index contributed by atoms with van der Waals surface area (Å²) in [5.41, 5.74) is 0.964. The second-order valence-corrected chi connectivity index (χ2v) is 5.14. The van der Waals surface area contributed by atoms with E-state index in [4.69, 9.17) is 4.74 Å². The van der Waals surface area contributed by atoms with Crippen molar-refractivity contribution in [1.82, 2.24) is 10.2 Å². The Labute approximate surface area is 119 Å². The van der Waals surface area contributed by atoms with Crippen molar-refractivity contribution in [3.8, 4) is 5.75 Å². The van der Waals surface area contributed by atoms with Crippen molar-refractivity contribution in [2.45, 2.75) is 25.9 Å². The first-order chi connectivity index (χ1) is 9.58. The maximum Gasteiger partial charge on any atom is 0.239 e. The summed E-state index contributed by atoms with van der Waals surface area (Å²) in [7, 11) is 0. The third-order valence-corrected chi connectivity index (χ3v) is 3.56. The van der Waals surface area contributed by atoms with Gasteiger partial charge < -0.3 is 14.7 Å². The van der Waals surface area contributed by atoms with Crippen LogP contribution >= 0.6 is 0 Å². The molecule has 1 heterocycles. The number of nitrogens with zero attached hydrogens (tertiary/aromatic N) is 1. The second kappa shape index (κ2) is 6.72. The van der Waals surface area contributed by atoms with Gasteiger partial charge in [-0.05, 0) is 31.5 Å². The minimum atomic E-state index is -0.259. The van der Waals surface area contributed by atoms with E-state index in [2.05, 4.69) is 5.32 Å². The van der Waals surface area contributed by atoms with Crippen molar-refractivity contribution < 1.29 is 14.6 Å². The van der Waals surface area contributed by atoms with E-state index in [-0.39, 0.29) is 23.7 Å². The molecule has 1 aromatic rings. The Morgan fingerprint density at radius 2 is 2.05 bits per heavy atom. The molecular weight excluding hydrogens is 256 g/mol. The third-order valence-electron chi connectivity index (χ3n) is 3.56. The largest absolute Gasteiger partial charge is 0.508 e. The van der Waals surface area contributed by atoms with Crippen LogP contribution in [0.5, 0.6) is 5.75 Å². The van der Waals surface area contributed by atoms with Crippen LogP contribution in [0.15, 0.2) is 24.3 Å². The first kappa shape index (κ1) is 14.8. The van der Waals surface area contributed by atoms with E-state index >= 15 is 0 Å². The summed E-state index contributed by atoms with van der Waals surface area (Å²) in [5, 5.41) is 12.8. The Morgan fingerprint density at radius 3 is 2.70 bits per heavy atom. The van der Waals surface area contributed by atoms with Crippen LogP contribution in [0.2, 0.25) is 0 Å². The van der Waals surface area contributed by atoms with Gasteiger partial charge in [-0.1, -0.05) is 12.1 Å². The number of morpholine rings is 1. The lowest BCUT2D eigenvalue weighted by Gasteiger charge is -2.30. The van der Waals surface area contributed by atoms with Crippen LogP contribution in [0.4, 0.5) is 0 Å². The third kappa shape index (κ3) is 3.71. The molecule has 5 heteroatoms. The number of hydrogen-bond donors (Lipinski definition) is 2. The normalized spacial score (nSPS) is 18.6. The molecule has 2 rings (SSSR count). The summed E-state index contributed by atoms with van der Waals surface area (Å²) in [4.78, 5) is 14.1. The van der Waals surface area contributed by atoms with Crippen LogP contribution in [0, 0.1) is 0 Å². The lowest BCUT2D eigenvalue weighted by Crippen LogP contribution is -2.49. The molecule has 2 N–H and O–H groups in total. The number of hydrogen-bond acceptors (Lipinski definition) is 4. The maximum absolute atomic E-state index is 12.3. The molecule has 0 aromatic heterocycles. The zero-order valence-corrected chi connectivity index (χ0v) is 12.0. The molecule has 1 aromatic carbocycles. The number of carbonyl (C=O) groups is 1. The van der Waals surface area contributed by atoms with Crippen molar-refractivity contribution in [2.75, 3.05) is 26.3 Å². The average Bonchev–Trinajstić information content (AvgIpc) is 2.47. The monoisotopic (exact) mass is 278 g/mol. The molecule has 0 bridgehead atoms.